The third-order valence-corrected chi connectivity index (χ3v) is 8.09. The fraction of sp³-hybridized carbons (Fsp3) is 1.00. The molecule has 1 aliphatic heterocycles. The molecule has 1 heterocycles. The smallest absolute Gasteiger partial charge is 0.166 e. The van der Waals surface area contributed by atoms with Crippen molar-refractivity contribution >= 4 is 21.6 Å². The lowest BCUT2D eigenvalue weighted by Gasteiger charge is -2.39. The van der Waals surface area contributed by atoms with Crippen molar-refractivity contribution in [3.8, 4) is 0 Å². The van der Waals surface area contributed by atoms with E-state index in [1.54, 1.807) is 18.7 Å². The molecule has 1 saturated carbocycles. The Kier molecular flexibility index (Phi) is 5.79. The molecular weight excluding hydrogens is 292 g/mol. The molecule has 0 spiro atoms. The summed E-state index contributed by atoms with van der Waals surface area (Å²) in [5, 5.41) is -0.293. The largest absolute Gasteiger partial charge is 0.325 e. The summed E-state index contributed by atoms with van der Waals surface area (Å²) in [5.41, 5.74) is 6.43. The van der Waals surface area contributed by atoms with E-state index in [-0.39, 0.29) is 16.7 Å². The monoisotopic (exact) mass is 320 g/mol. The Labute approximate surface area is 127 Å². The quantitative estimate of drug-likeness (QED) is 0.837. The van der Waals surface area contributed by atoms with Gasteiger partial charge in [-0.2, -0.15) is 11.8 Å². The Bertz CT molecular complexity index is 405. The van der Waals surface area contributed by atoms with Gasteiger partial charge in [-0.3, -0.25) is 4.90 Å². The molecule has 2 N–H and O–H groups in total. The van der Waals surface area contributed by atoms with Gasteiger partial charge >= 0.3 is 0 Å². The van der Waals surface area contributed by atoms with Crippen LogP contribution >= 0.6 is 11.8 Å². The highest BCUT2D eigenvalue weighted by molar-refractivity contribution is 8.01. The summed E-state index contributed by atoms with van der Waals surface area (Å²) >= 11 is 1.76. The molecule has 1 unspecified atom stereocenters. The van der Waals surface area contributed by atoms with Gasteiger partial charge < -0.3 is 5.73 Å². The Morgan fingerprint density at radius 2 is 2.00 bits per heavy atom. The van der Waals surface area contributed by atoms with Gasteiger partial charge in [0, 0.05) is 35.9 Å². The van der Waals surface area contributed by atoms with Crippen molar-refractivity contribution < 1.29 is 8.42 Å². The summed E-state index contributed by atoms with van der Waals surface area (Å²) < 4.78 is 24.4. The zero-order valence-corrected chi connectivity index (χ0v) is 14.1. The normalized spacial score (nSPS) is 28.4. The summed E-state index contributed by atoms with van der Waals surface area (Å²) in [7, 11) is -2.98. The first kappa shape index (κ1) is 16.6. The van der Waals surface area contributed by atoms with E-state index >= 15 is 0 Å². The molecule has 1 aliphatic carbocycles. The zero-order valence-electron chi connectivity index (χ0n) is 12.5. The van der Waals surface area contributed by atoms with E-state index in [0.717, 1.165) is 38.1 Å². The minimum absolute atomic E-state index is 0.0522. The lowest BCUT2D eigenvalue weighted by atomic mass is 9.80. The predicted molar refractivity (Wildman–Crippen MR) is 86.8 cm³/mol. The lowest BCUT2D eigenvalue weighted by molar-refractivity contribution is 0.205. The number of sulfone groups is 1. The van der Waals surface area contributed by atoms with E-state index < -0.39 is 9.84 Å². The van der Waals surface area contributed by atoms with Crippen LogP contribution in [-0.4, -0.2) is 54.6 Å². The second-order valence-corrected chi connectivity index (χ2v) is 9.79. The van der Waals surface area contributed by atoms with Gasteiger partial charge in [0.15, 0.2) is 9.84 Å². The first-order valence-electron chi connectivity index (χ1n) is 7.79. The zero-order chi connectivity index (χ0) is 14.6. The number of hydrogen-bond donors (Lipinski definition) is 1. The first-order chi connectivity index (χ1) is 9.47. The van der Waals surface area contributed by atoms with Crippen LogP contribution in [0.15, 0.2) is 0 Å². The molecule has 6 heteroatoms. The van der Waals surface area contributed by atoms with Gasteiger partial charge in [-0.1, -0.05) is 26.2 Å². The molecule has 2 rings (SSSR count). The SMILES string of the molecule is CCS(=O)(=O)C1CSCCN1CCC1(N)CCCCC1. The molecule has 2 aliphatic rings. The second-order valence-electron chi connectivity index (χ2n) is 6.19. The van der Waals surface area contributed by atoms with Gasteiger partial charge in [0.1, 0.15) is 5.37 Å². The Morgan fingerprint density at radius 3 is 2.65 bits per heavy atom. The summed E-state index contributed by atoms with van der Waals surface area (Å²) in [6.45, 7) is 3.46. The van der Waals surface area contributed by atoms with Crippen LogP contribution in [0, 0.1) is 0 Å². The van der Waals surface area contributed by atoms with Crippen LogP contribution in [0.5, 0.6) is 0 Å². The van der Waals surface area contributed by atoms with Gasteiger partial charge in [-0.05, 0) is 19.3 Å². The average molecular weight is 321 g/mol. The van der Waals surface area contributed by atoms with E-state index in [4.69, 9.17) is 5.73 Å². The highest BCUT2D eigenvalue weighted by Crippen LogP contribution is 2.30. The van der Waals surface area contributed by atoms with Crippen LogP contribution in [0.2, 0.25) is 0 Å². The molecule has 0 bridgehead atoms. The molecule has 2 fully saturated rings. The number of hydrogen-bond acceptors (Lipinski definition) is 5. The van der Waals surface area contributed by atoms with Gasteiger partial charge in [0.05, 0.1) is 0 Å². The van der Waals surface area contributed by atoms with E-state index in [0.29, 0.717) is 5.75 Å². The van der Waals surface area contributed by atoms with Crippen LogP contribution in [0.1, 0.15) is 45.4 Å². The van der Waals surface area contributed by atoms with Crippen LogP contribution < -0.4 is 5.73 Å². The van der Waals surface area contributed by atoms with E-state index in [1.807, 2.05) is 0 Å². The van der Waals surface area contributed by atoms with Crippen LogP contribution in [0.3, 0.4) is 0 Å². The fourth-order valence-corrected chi connectivity index (χ4v) is 6.38. The molecule has 20 heavy (non-hydrogen) atoms. The summed E-state index contributed by atoms with van der Waals surface area (Å²) in [6.07, 6.45) is 6.88. The van der Waals surface area contributed by atoms with Gasteiger partial charge in [-0.15, -0.1) is 0 Å². The van der Waals surface area contributed by atoms with Gasteiger partial charge in [-0.25, -0.2) is 8.42 Å². The highest BCUT2D eigenvalue weighted by Gasteiger charge is 2.34. The van der Waals surface area contributed by atoms with E-state index in [2.05, 4.69) is 4.90 Å². The summed E-state index contributed by atoms with van der Waals surface area (Å²) in [5.74, 6) is 1.99. The third kappa shape index (κ3) is 4.12. The maximum Gasteiger partial charge on any atom is 0.166 e. The Balaban J connectivity index is 1.95. The summed E-state index contributed by atoms with van der Waals surface area (Å²) in [6, 6.07) is 0. The first-order valence-corrected chi connectivity index (χ1v) is 10.7. The molecule has 4 nitrogen and oxygen atoms in total. The van der Waals surface area contributed by atoms with Crippen molar-refractivity contribution in [3.63, 3.8) is 0 Å². The standard InChI is InChI=1S/C14H28N2O2S2/c1-2-20(17,18)13-12-19-11-10-16(13)9-8-14(15)6-4-3-5-7-14/h13H,2-12,15H2,1H3. The number of thioether (sulfide) groups is 1. The number of rotatable bonds is 5. The molecule has 0 aromatic rings. The minimum atomic E-state index is -2.98. The van der Waals surface area contributed by atoms with Crippen molar-refractivity contribution in [3.05, 3.63) is 0 Å². The summed E-state index contributed by atoms with van der Waals surface area (Å²) in [4.78, 5) is 2.17. The molecule has 1 atom stereocenters. The minimum Gasteiger partial charge on any atom is -0.325 e. The molecular formula is C14H28N2O2S2. The van der Waals surface area contributed by atoms with Crippen molar-refractivity contribution in [2.24, 2.45) is 5.73 Å². The van der Waals surface area contributed by atoms with Crippen LogP contribution in [0.25, 0.3) is 0 Å². The molecule has 0 aromatic carbocycles. The van der Waals surface area contributed by atoms with Gasteiger partial charge in [0.25, 0.3) is 0 Å². The molecule has 0 aromatic heterocycles. The van der Waals surface area contributed by atoms with Gasteiger partial charge in [0.2, 0.25) is 0 Å². The highest BCUT2D eigenvalue weighted by atomic mass is 32.2. The van der Waals surface area contributed by atoms with Crippen molar-refractivity contribution in [2.45, 2.75) is 56.4 Å². The predicted octanol–water partition coefficient (Wildman–Crippen LogP) is 1.85. The maximum absolute atomic E-state index is 12.2. The lowest BCUT2D eigenvalue weighted by Crippen LogP contribution is -2.51. The number of nitrogens with zero attached hydrogens (tertiary/aromatic N) is 1. The fourth-order valence-electron chi connectivity index (χ4n) is 3.27. The second kappa shape index (κ2) is 6.99. The number of nitrogens with two attached hydrogens (primary N) is 1. The third-order valence-electron chi connectivity index (χ3n) is 4.75. The maximum atomic E-state index is 12.2. The van der Waals surface area contributed by atoms with E-state index in [1.165, 1.54) is 19.3 Å². The van der Waals surface area contributed by atoms with Crippen LogP contribution in [-0.2, 0) is 9.84 Å². The molecule has 118 valence electrons. The van der Waals surface area contributed by atoms with Crippen LogP contribution in [0.4, 0.5) is 0 Å². The Morgan fingerprint density at radius 1 is 1.30 bits per heavy atom. The van der Waals surface area contributed by atoms with Crippen molar-refractivity contribution in [2.75, 3.05) is 30.3 Å². The van der Waals surface area contributed by atoms with Crippen molar-refractivity contribution in [1.29, 1.82) is 0 Å². The topological polar surface area (TPSA) is 63.4 Å². The van der Waals surface area contributed by atoms with Crippen molar-refractivity contribution in [1.82, 2.24) is 4.90 Å². The Hall–Kier alpha value is 0.220. The molecule has 1 saturated heterocycles. The molecule has 0 amide bonds. The van der Waals surface area contributed by atoms with E-state index in [9.17, 15) is 8.42 Å². The molecule has 0 radical (unpaired) electrons. The average Bonchev–Trinajstić information content (AvgIpc) is 2.46.